The third-order valence-corrected chi connectivity index (χ3v) is 9.42. The first kappa shape index (κ1) is 62.4. The Balaban J connectivity index is 0. The Bertz CT molecular complexity index is 2450. The Morgan fingerprint density at radius 3 is 1.64 bits per heavy atom. The first-order chi connectivity index (χ1) is 35.1. The normalized spacial score (nSPS) is 23.6. The summed E-state index contributed by atoms with van der Waals surface area (Å²) < 4.78 is 37.2. The molecular weight excluding hydrogens is 995 g/mol. The number of benzene rings is 2. The van der Waals surface area contributed by atoms with Gasteiger partial charge in [-0.1, -0.05) is 53.0 Å². The summed E-state index contributed by atoms with van der Waals surface area (Å²) in [7, 11) is 0. The van der Waals surface area contributed by atoms with Crippen LogP contribution in [0, 0.1) is 0 Å². The molecule has 0 aromatic heterocycles. The van der Waals surface area contributed by atoms with Gasteiger partial charge in [-0.25, -0.2) is 9.59 Å². The van der Waals surface area contributed by atoms with Crippen molar-refractivity contribution >= 4 is 65.9 Å². The number of phenols is 1. The highest BCUT2D eigenvalue weighted by atomic mass is 16.7. The highest BCUT2D eigenvalue weighted by Gasteiger charge is 2.48. The number of nitrogens with one attached hydrogen (secondary N) is 3. The molecule has 2 aromatic rings. The molecule has 0 saturated carbocycles. The van der Waals surface area contributed by atoms with Crippen molar-refractivity contribution in [1.29, 1.82) is 0 Å². The minimum absolute atomic E-state index is 0. The van der Waals surface area contributed by atoms with E-state index in [1.54, 1.807) is 39.0 Å². The van der Waals surface area contributed by atoms with Crippen LogP contribution < -0.4 is 20.7 Å². The lowest BCUT2D eigenvalue weighted by molar-refractivity contribution is -0.279. The molecule has 28 nitrogen and oxygen atoms in total. The maximum Gasteiger partial charge on any atom is 0.373 e. The Morgan fingerprint density at radius 1 is 0.703 bits per heavy atom. The average molecular weight is 1060 g/mol. The number of carboxylic acids is 2. The van der Waals surface area contributed by atoms with Crippen molar-refractivity contribution in [2.45, 2.75) is 122 Å². The SMILES string of the molecule is C.C=C1C=CC(=O)C(NC(=O)CC)=C1.O=C(O)C1O[C@@H](O)C(O)[C@@H](O)[C@@H]1O.O=C=O.[2HH].[2H]C(=O)OCc1ccc(O)c(NC(=O)CC)c1.[2H]C(=O)OCc1ccc(O[C@@H]2OC(C(=O)O)[C@@H](O)[C@H](O)C2O)c(NC(=O)CC)c1. The van der Waals surface area contributed by atoms with E-state index in [4.69, 9.17) is 52.4 Å². The monoisotopic (exact) mass is 1060 g/mol. The zero-order valence-electron chi connectivity index (χ0n) is 40.8. The highest BCUT2D eigenvalue weighted by molar-refractivity contribution is 6.08. The third-order valence-electron chi connectivity index (χ3n) is 9.42. The summed E-state index contributed by atoms with van der Waals surface area (Å²) in [5, 5.41) is 100. The highest BCUT2D eigenvalue weighted by Crippen LogP contribution is 2.31. The van der Waals surface area contributed by atoms with Crippen LogP contribution in [0.4, 0.5) is 11.4 Å². The molecule has 2 saturated heterocycles. The Hall–Kier alpha value is -7.76. The molecule has 28 heteroatoms. The summed E-state index contributed by atoms with van der Waals surface area (Å²) in [5.41, 5.74) is 2.36. The Morgan fingerprint density at radius 2 is 1.15 bits per heavy atom. The number of aromatic hydroxyl groups is 1. The molecule has 3 amide bonds. The predicted octanol–water partition coefficient (Wildman–Crippen LogP) is -1.35. The molecule has 0 spiro atoms. The van der Waals surface area contributed by atoms with Crippen LogP contribution in [0.25, 0.3) is 0 Å². The van der Waals surface area contributed by atoms with Gasteiger partial charge in [0.25, 0.3) is 12.9 Å². The Kier molecular flexibility index (Phi) is 28.5. The molecule has 4 unspecified atom stereocenters. The first-order valence-corrected chi connectivity index (χ1v) is 21.1. The number of phenolic OH excluding ortho intramolecular Hbond substituents is 1. The Labute approximate surface area is 425 Å². The van der Waals surface area contributed by atoms with Gasteiger partial charge in [-0.05, 0) is 53.1 Å². The number of aliphatic hydroxyl groups is 7. The molecule has 1 aliphatic carbocycles. The van der Waals surface area contributed by atoms with Crippen molar-refractivity contribution in [2.24, 2.45) is 0 Å². The minimum atomic E-state index is -1.87. The molecule has 0 bridgehead atoms. The van der Waals surface area contributed by atoms with Gasteiger partial charge in [0.2, 0.25) is 29.8 Å². The number of ketones is 1. The van der Waals surface area contributed by atoms with Crippen molar-refractivity contribution in [3.8, 4) is 11.5 Å². The number of rotatable bonds is 14. The molecule has 13 N–H and O–H groups in total. The van der Waals surface area contributed by atoms with E-state index in [-0.39, 0.29) is 75.1 Å². The number of carbonyl (C=O) groups is 8. The summed E-state index contributed by atoms with van der Waals surface area (Å²) in [6.07, 6.45) is -14.5. The smallest absolute Gasteiger partial charge is 0.373 e. The molecule has 0 radical (unpaired) electrons. The standard InChI is InChI=1S/C17H21NO10.C11H13NO4.C10H11NO2.C6H10O7.CO2.CH4.H2/c1-2-11(20)18-9-5-8(6-26-7-19)3-4-10(9)27-17-14(23)12(21)13(22)15(28-17)16(24)25;1-2-11(15)12-9-5-8(6-16-7-13)3-4-10(9)14;1-3-10(13)11-8-6-7(2)4-5-9(8)12;7-1-2(8)4(5(10)11)13-6(12)3(1)9;2-1-3;;/h3-5,7,12-15,17,21-23H,2,6H2,1H3,(H,18,20)(H,24,25);3-5,7,14H,2,6H2,1H3,(H,12,15);4-6H,2-3H2,1H3,(H,11,13);1-4,6-9,12H,(H,10,11);;1H4;1H/t12-,13-,14?,15?,17+;;;1-,2-,3?,4?,6+;;;/m0..0.../s1/i2*7D;;;;;1+1. The van der Waals surface area contributed by atoms with E-state index in [1.165, 1.54) is 36.4 Å². The van der Waals surface area contributed by atoms with Gasteiger partial charge in [0, 0.05) is 20.7 Å². The second-order valence-electron chi connectivity index (χ2n) is 14.7. The number of hydrogen-bond acceptors (Lipinski definition) is 23. The number of anilines is 2. The lowest BCUT2D eigenvalue weighted by atomic mass is 9.99. The number of aliphatic carboxylic acids is 2. The van der Waals surface area contributed by atoms with Gasteiger partial charge in [-0.3, -0.25) is 28.8 Å². The molecule has 2 aromatic carbocycles. The van der Waals surface area contributed by atoms with Gasteiger partial charge in [-0.15, -0.1) is 0 Å². The quantitative estimate of drug-likeness (QED) is 0.0769. The van der Waals surface area contributed by atoms with Crippen molar-refractivity contribution in [3.63, 3.8) is 0 Å². The fourth-order valence-electron chi connectivity index (χ4n) is 5.60. The summed E-state index contributed by atoms with van der Waals surface area (Å²) >= 11 is 0. The van der Waals surface area contributed by atoms with Crippen LogP contribution in [0.2, 0.25) is 0 Å². The van der Waals surface area contributed by atoms with Gasteiger partial charge >= 0.3 is 18.1 Å². The van der Waals surface area contributed by atoms with Gasteiger partial charge in [-0.2, -0.15) is 9.59 Å². The van der Waals surface area contributed by atoms with Crippen molar-refractivity contribution in [3.05, 3.63) is 83.6 Å². The number of allylic oxidation sites excluding steroid dienone is 4. The molecule has 5 rings (SSSR count). The zero-order valence-corrected chi connectivity index (χ0v) is 38.8. The summed E-state index contributed by atoms with van der Waals surface area (Å²) in [6.45, 7) is 8.37. The molecular formula is C46H61N3O25. The van der Waals surface area contributed by atoms with Crippen LogP contribution in [0.15, 0.2) is 72.5 Å². The summed E-state index contributed by atoms with van der Waals surface area (Å²) in [6, 6.07) is 8.59. The number of ether oxygens (including phenoxy) is 5. The second-order valence-corrected chi connectivity index (χ2v) is 14.7. The van der Waals surface area contributed by atoms with Crippen LogP contribution >= 0.6 is 0 Å². The van der Waals surface area contributed by atoms with E-state index in [0.717, 1.165) is 0 Å². The third kappa shape index (κ3) is 21.5. The van der Waals surface area contributed by atoms with E-state index in [1.807, 2.05) is 0 Å². The van der Waals surface area contributed by atoms with Gasteiger partial charge < -0.3 is 90.7 Å². The molecule has 3 aliphatic rings. The molecule has 74 heavy (non-hydrogen) atoms. The van der Waals surface area contributed by atoms with Crippen LogP contribution in [0.1, 0.15) is 62.8 Å². The molecule has 2 aliphatic heterocycles. The van der Waals surface area contributed by atoms with Gasteiger partial charge in [0.05, 0.1) is 17.1 Å². The van der Waals surface area contributed by atoms with Crippen molar-refractivity contribution in [2.75, 3.05) is 10.6 Å². The number of hydrogen-bond donors (Lipinski definition) is 13. The number of carbonyl (C=O) groups excluding carboxylic acids is 8. The maximum absolute atomic E-state index is 11.8. The van der Waals surface area contributed by atoms with Crippen LogP contribution in [0.5, 0.6) is 11.5 Å². The van der Waals surface area contributed by atoms with Crippen LogP contribution in [-0.4, -0.2) is 167 Å². The zero-order chi connectivity index (χ0) is 57.3. The fourth-order valence-corrected chi connectivity index (χ4v) is 5.60. The first-order valence-electron chi connectivity index (χ1n) is 22.1. The maximum atomic E-state index is 11.8. The van der Waals surface area contributed by atoms with Crippen molar-refractivity contribution < 1.29 is 127 Å². The molecule has 2 heterocycles. The molecule has 2 fully saturated rings. The topological polar surface area (TPSA) is 455 Å². The number of aliphatic hydroxyl groups excluding tert-OH is 7. The van der Waals surface area contributed by atoms with E-state index in [9.17, 15) is 58.8 Å². The fraction of sp³-hybridized carbons (Fsp3) is 0.413. The van der Waals surface area contributed by atoms with E-state index in [0.29, 0.717) is 35.2 Å². The van der Waals surface area contributed by atoms with Gasteiger partial charge in [0.1, 0.15) is 61.3 Å². The summed E-state index contributed by atoms with van der Waals surface area (Å²) in [5.74, 6) is -4.15. The predicted molar refractivity (Wildman–Crippen MR) is 249 cm³/mol. The van der Waals surface area contributed by atoms with E-state index >= 15 is 0 Å². The second kappa shape index (κ2) is 33.8. The molecule has 10 atom stereocenters. The minimum Gasteiger partial charge on any atom is -0.506 e. The number of amides is 3. The average Bonchev–Trinajstić information content (AvgIpc) is 3.36. The van der Waals surface area contributed by atoms with Crippen molar-refractivity contribution in [1.82, 2.24) is 5.32 Å². The van der Waals surface area contributed by atoms with E-state index in [2.05, 4.69) is 36.7 Å². The van der Waals surface area contributed by atoms with Crippen LogP contribution in [0.3, 0.4) is 0 Å². The lowest BCUT2D eigenvalue weighted by Gasteiger charge is -2.38. The lowest BCUT2D eigenvalue weighted by Crippen LogP contribution is -2.61. The largest absolute Gasteiger partial charge is 0.506 e. The van der Waals surface area contributed by atoms with Crippen LogP contribution in [-0.2, 0) is 80.1 Å². The molecule has 410 valence electrons. The van der Waals surface area contributed by atoms with E-state index < -0.39 is 92.2 Å². The summed E-state index contributed by atoms with van der Waals surface area (Å²) in [4.78, 5) is 104. The number of carboxylic acid groups (broad SMARTS) is 2. The van der Waals surface area contributed by atoms with Gasteiger partial charge in [0.15, 0.2) is 21.2 Å².